The molecule has 0 amide bonds. The Morgan fingerprint density at radius 2 is 2.07 bits per heavy atom. The molecule has 15 heavy (non-hydrogen) atoms. The molecule has 4 nitrogen and oxygen atoms in total. The zero-order valence-corrected chi connectivity index (χ0v) is 10.2. The molecule has 0 unspecified atom stereocenters. The second-order valence-electron chi connectivity index (χ2n) is 2.94. The first-order chi connectivity index (χ1) is 7.24. The fraction of sp³-hybridized carbons (Fsp3) is 0.111. The van der Waals surface area contributed by atoms with Crippen LogP contribution in [0.25, 0.3) is 0 Å². The van der Waals surface area contributed by atoms with Crippen LogP contribution in [-0.4, -0.2) is 9.36 Å². The fourth-order valence-corrected chi connectivity index (χ4v) is 1.84. The van der Waals surface area contributed by atoms with Crippen molar-refractivity contribution in [2.24, 2.45) is 0 Å². The predicted octanol–water partition coefficient (Wildman–Crippen LogP) is 2.49. The van der Waals surface area contributed by atoms with Crippen molar-refractivity contribution >= 4 is 38.5 Å². The van der Waals surface area contributed by atoms with Gasteiger partial charge in [0, 0.05) is 22.5 Å². The Bertz CT molecular complexity index is 440. The molecule has 0 bridgehead atoms. The first-order valence-electron chi connectivity index (χ1n) is 4.31. The molecule has 1 aromatic carbocycles. The van der Waals surface area contributed by atoms with E-state index in [1.54, 1.807) is 0 Å². The topological polar surface area (TPSA) is 63.8 Å². The molecular weight excluding hydrogens is 276 g/mol. The zero-order chi connectivity index (χ0) is 10.7. The molecule has 3 N–H and O–H groups in total. The van der Waals surface area contributed by atoms with E-state index < -0.39 is 0 Å². The lowest BCUT2D eigenvalue weighted by Crippen LogP contribution is -1.98. The van der Waals surface area contributed by atoms with E-state index in [2.05, 4.69) is 30.6 Å². The molecule has 0 aliphatic heterocycles. The highest BCUT2D eigenvalue weighted by atomic mass is 79.9. The summed E-state index contributed by atoms with van der Waals surface area (Å²) in [4.78, 5) is 4.01. The van der Waals surface area contributed by atoms with Crippen LogP contribution >= 0.6 is 27.5 Å². The molecular formula is C9H9BrN4S. The number of aromatic nitrogens is 2. The summed E-state index contributed by atoms with van der Waals surface area (Å²) >= 11 is 4.65. The van der Waals surface area contributed by atoms with Crippen molar-refractivity contribution in [1.29, 1.82) is 0 Å². The van der Waals surface area contributed by atoms with Gasteiger partial charge in [-0.1, -0.05) is 28.1 Å². The quantitative estimate of drug-likeness (QED) is 0.909. The average molecular weight is 285 g/mol. The molecule has 0 saturated carbocycles. The molecule has 2 aromatic rings. The smallest absolute Gasteiger partial charge is 0.233 e. The van der Waals surface area contributed by atoms with E-state index in [1.165, 1.54) is 17.1 Å². The highest BCUT2D eigenvalue weighted by Gasteiger charge is 1.99. The van der Waals surface area contributed by atoms with Gasteiger partial charge >= 0.3 is 0 Å². The molecule has 0 aliphatic carbocycles. The van der Waals surface area contributed by atoms with Gasteiger partial charge in [-0.3, -0.25) is 0 Å². The minimum atomic E-state index is 0.318. The van der Waals surface area contributed by atoms with Crippen molar-refractivity contribution in [2.75, 3.05) is 11.1 Å². The number of nitrogen functional groups attached to an aromatic ring is 1. The number of hydrogen-bond acceptors (Lipinski definition) is 5. The lowest BCUT2D eigenvalue weighted by Gasteiger charge is -2.01. The zero-order valence-electron chi connectivity index (χ0n) is 7.77. The first kappa shape index (κ1) is 10.4. The summed E-state index contributed by atoms with van der Waals surface area (Å²) in [6.07, 6.45) is 0. The van der Waals surface area contributed by atoms with Crippen LogP contribution in [0.3, 0.4) is 0 Å². The fourth-order valence-electron chi connectivity index (χ4n) is 1.09. The summed E-state index contributed by atoms with van der Waals surface area (Å²) in [5, 5.41) is 3.90. The summed E-state index contributed by atoms with van der Waals surface area (Å²) in [5.41, 5.74) is 6.60. The second kappa shape index (κ2) is 4.59. The monoisotopic (exact) mass is 284 g/mol. The van der Waals surface area contributed by atoms with Crippen molar-refractivity contribution in [1.82, 2.24) is 9.36 Å². The van der Waals surface area contributed by atoms with Gasteiger partial charge in [-0.2, -0.15) is 9.36 Å². The van der Waals surface area contributed by atoms with Gasteiger partial charge in [-0.15, -0.1) is 0 Å². The number of benzene rings is 1. The SMILES string of the molecule is Nc1nsc(NCc2ccc(Br)cc2)n1. The van der Waals surface area contributed by atoms with Gasteiger partial charge in [0.1, 0.15) is 0 Å². The third kappa shape index (κ3) is 2.90. The van der Waals surface area contributed by atoms with Gasteiger partial charge in [0.15, 0.2) is 0 Å². The highest BCUT2D eigenvalue weighted by Crippen LogP contribution is 2.15. The summed E-state index contributed by atoms with van der Waals surface area (Å²) in [6.45, 7) is 0.724. The normalized spacial score (nSPS) is 10.2. The molecule has 0 aliphatic rings. The number of nitrogens with zero attached hydrogens (tertiary/aromatic N) is 2. The van der Waals surface area contributed by atoms with Gasteiger partial charge < -0.3 is 11.1 Å². The van der Waals surface area contributed by atoms with Crippen LogP contribution in [-0.2, 0) is 6.54 Å². The second-order valence-corrected chi connectivity index (χ2v) is 4.61. The Balaban J connectivity index is 1.96. The van der Waals surface area contributed by atoms with Crippen LogP contribution in [0, 0.1) is 0 Å². The van der Waals surface area contributed by atoms with Gasteiger partial charge in [-0.25, -0.2) is 0 Å². The van der Waals surface area contributed by atoms with Crippen LogP contribution in [0.5, 0.6) is 0 Å². The lowest BCUT2D eigenvalue weighted by molar-refractivity contribution is 1.13. The van der Waals surface area contributed by atoms with Crippen molar-refractivity contribution in [3.05, 3.63) is 34.3 Å². The molecule has 1 aromatic heterocycles. The third-order valence-corrected chi connectivity index (χ3v) is 3.01. The Kier molecular flexibility index (Phi) is 3.17. The maximum Gasteiger partial charge on any atom is 0.233 e. The molecule has 6 heteroatoms. The van der Waals surface area contributed by atoms with Crippen LogP contribution in [0.4, 0.5) is 11.1 Å². The van der Waals surface area contributed by atoms with Crippen molar-refractivity contribution in [3.8, 4) is 0 Å². The van der Waals surface area contributed by atoms with Crippen LogP contribution in [0.1, 0.15) is 5.56 Å². The number of nitrogens with two attached hydrogens (primary N) is 1. The maximum atomic E-state index is 5.41. The Labute approximate surface area is 99.8 Å². The number of hydrogen-bond donors (Lipinski definition) is 2. The number of anilines is 2. The van der Waals surface area contributed by atoms with E-state index in [-0.39, 0.29) is 0 Å². The van der Waals surface area contributed by atoms with Crippen molar-refractivity contribution in [2.45, 2.75) is 6.54 Å². The van der Waals surface area contributed by atoms with Crippen molar-refractivity contribution < 1.29 is 0 Å². The van der Waals surface area contributed by atoms with E-state index in [0.717, 1.165) is 16.1 Å². The van der Waals surface area contributed by atoms with E-state index in [4.69, 9.17) is 5.73 Å². The molecule has 2 rings (SSSR count). The number of nitrogens with one attached hydrogen (secondary N) is 1. The van der Waals surface area contributed by atoms with Gasteiger partial charge in [0.2, 0.25) is 11.1 Å². The van der Waals surface area contributed by atoms with E-state index in [1.807, 2.05) is 24.3 Å². The standard InChI is InChI=1S/C9H9BrN4S/c10-7-3-1-6(2-4-7)5-12-9-13-8(11)14-15-9/h1-4H,5H2,(H3,11,12,13,14). The van der Waals surface area contributed by atoms with Crippen LogP contribution in [0.2, 0.25) is 0 Å². The predicted molar refractivity (Wildman–Crippen MR) is 65.8 cm³/mol. The molecule has 0 spiro atoms. The molecule has 0 fully saturated rings. The minimum absolute atomic E-state index is 0.318. The van der Waals surface area contributed by atoms with Crippen LogP contribution < -0.4 is 11.1 Å². The lowest BCUT2D eigenvalue weighted by atomic mass is 10.2. The average Bonchev–Trinajstić information content (AvgIpc) is 2.64. The Morgan fingerprint density at radius 1 is 1.33 bits per heavy atom. The number of halogens is 1. The largest absolute Gasteiger partial charge is 0.367 e. The number of rotatable bonds is 3. The summed E-state index contributed by atoms with van der Waals surface area (Å²) in [7, 11) is 0. The van der Waals surface area contributed by atoms with Gasteiger partial charge in [0.25, 0.3) is 0 Å². The summed E-state index contributed by atoms with van der Waals surface area (Å²) in [6, 6.07) is 8.10. The van der Waals surface area contributed by atoms with Gasteiger partial charge in [-0.05, 0) is 17.7 Å². The summed E-state index contributed by atoms with van der Waals surface area (Å²) < 4.78 is 4.96. The van der Waals surface area contributed by atoms with Crippen molar-refractivity contribution in [3.63, 3.8) is 0 Å². The Hall–Kier alpha value is -1.14. The highest BCUT2D eigenvalue weighted by molar-refractivity contribution is 9.10. The Morgan fingerprint density at radius 3 is 2.67 bits per heavy atom. The van der Waals surface area contributed by atoms with Gasteiger partial charge in [0.05, 0.1) is 0 Å². The molecule has 0 saturated heterocycles. The van der Waals surface area contributed by atoms with E-state index in [9.17, 15) is 0 Å². The first-order valence-corrected chi connectivity index (χ1v) is 5.88. The van der Waals surface area contributed by atoms with E-state index in [0.29, 0.717) is 5.95 Å². The maximum absolute atomic E-state index is 5.41. The molecule has 1 heterocycles. The van der Waals surface area contributed by atoms with E-state index >= 15 is 0 Å². The molecule has 0 radical (unpaired) electrons. The minimum Gasteiger partial charge on any atom is -0.367 e. The molecule has 0 atom stereocenters. The van der Waals surface area contributed by atoms with Crippen LogP contribution in [0.15, 0.2) is 28.7 Å². The summed E-state index contributed by atoms with van der Waals surface area (Å²) in [5.74, 6) is 0.318. The molecule has 78 valence electrons. The third-order valence-electron chi connectivity index (χ3n) is 1.80.